The van der Waals surface area contributed by atoms with Crippen molar-refractivity contribution in [2.75, 3.05) is 0 Å². The van der Waals surface area contributed by atoms with Crippen molar-refractivity contribution in [1.82, 2.24) is 10.6 Å². The lowest BCUT2D eigenvalue weighted by atomic mass is 10.1. The van der Waals surface area contributed by atoms with E-state index in [1.165, 1.54) is 23.8 Å². The average Bonchev–Trinajstić information content (AvgIpc) is 2.66. The van der Waals surface area contributed by atoms with E-state index in [9.17, 15) is 4.79 Å². The maximum atomic E-state index is 10.9. The van der Waals surface area contributed by atoms with Crippen molar-refractivity contribution in [1.29, 1.82) is 0 Å². The first-order valence-electron chi connectivity index (χ1n) is 5.00. The van der Waals surface area contributed by atoms with Crippen LogP contribution in [0.25, 0.3) is 5.70 Å². The van der Waals surface area contributed by atoms with Crippen LogP contribution < -0.4 is 10.6 Å². The number of hydrogen-bond acceptors (Lipinski definition) is 2. The molecule has 16 heavy (non-hydrogen) atoms. The van der Waals surface area contributed by atoms with Crippen molar-refractivity contribution in [2.24, 2.45) is 0 Å². The number of carbonyl (C=O) groups is 1. The number of amides is 1. The van der Waals surface area contributed by atoms with Gasteiger partial charge in [0.25, 0.3) is 0 Å². The van der Waals surface area contributed by atoms with E-state index < -0.39 is 0 Å². The summed E-state index contributed by atoms with van der Waals surface area (Å²) in [6, 6.07) is 8.26. The molecule has 0 saturated carbocycles. The summed E-state index contributed by atoms with van der Waals surface area (Å²) in [5, 5.41) is 8.66. The highest BCUT2D eigenvalue weighted by molar-refractivity contribution is 8.02. The number of nitrogens with one attached hydrogen (secondary N) is 2. The van der Waals surface area contributed by atoms with Gasteiger partial charge in [-0.1, -0.05) is 29.8 Å². The zero-order valence-electron chi connectivity index (χ0n) is 9.20. The average molecular weight is 233 g/mol. The topological polar surface area (TPSA) is 41.1 Å². The second-order valence-electron chi connectivity index (χ2n) is 3.65. The van der Waals surface area contributed by atoms with Crippen molar-refractivity contribution < 1.29 is 4.79 Å². The molecule has 0 unspecified atom stereocenters. The molecule has 1 aliphatic rings. The molecule has 0 aromatic heterocycles. The van der Waals surface area contributed by atoms with E-state index in [0.717, 1.165) is 16.4 Å². The third kappa shape index (κ3) is 2.46. The van der Waals surface area contributed by atoms with E-state index in [2.05, 4.69) is 41.8 Å². The number of hydrogen-bond donors (Lipinski definition) is 2. The Bertz CT molecular complexity index is 474. The van der Waals surface area contributed by atoms with Gasteiger partial charge in [-0.05, 0) is 12.5 Å². The zero-order chi connectivity index (χ0) is 11.5. The number of rotatable bonds is 1. The van der Waals surface area contributed by atoms with Crippen molar-refractivity contribution >= 4 is 28.1 Å². The standard InChI is InChI=1S/C12H13N2OS/c1-8-3-5-10(6-4-8)11-7-16-12(14-11)13-9(2)15/h3-7,14H,1-2H3,(H,13,15). The highest BCUT2D eigenvalue weighted by atomic mass is 32.1. The summed E-state index contributed by atoms with van der Waals surface area (Å²) in [7, 11) is 0. The van der Waals surface area contributed by atoms with Crippen LogP contribution in [0.15, 0.2) is 29.7 Å². The van der Waals surface area contributed by atoms with Crippen LogP contribution in [-0.4, -0.2) is 11.0 Å². The van der Waals surface area contributed by atoms with Crippen LogP contribution in [0.3, 0.4) is 0 Å². The summed E-state index contributed by atoms with van der Waals surface area (Å²) in [4.78, 5) is 10.9. The van der Waals surface area contributed by atoms with E-state index in [4.69, 9.17) is 0 Å². The fourth-order valence-electron chi connectivity index (χ4n) is 1.39. The zero-order valence-corrected chi connectivity index (χ0v) is 10.0. The maximum Gasteiger partial charge on any atom is 0.222 e. The van der Waals surface area contributed by atoms with Gasteiger partial charge in [-0.15, -0.1) is 11.4 Å². The largest absolute Gasteiger partial charge is 0.332 e. The summed E-state index contributed by atoms with van der Waals surface area (Å²) in [6.45, 7) is 3.56. The Morgan fingerprint density at radius 2 is 2.00 bits per heavy atom. The summed E-state index contributed by atoms with van der Waals surface area (Å²) in [5.74, 6) is -0.0615. The minimum atomic E-state index is -0.0615. The Morgan fingerprint density at radius 3 is 2.62 bits per heavy atom. The van der Waals surface area contributed by atoms with Crippen LogP contribution in [0.1, 0.15) is 18.1 Å². The SMILES string of the molecule is CC(=O)NC1=[S]C=C(c2ccc(C)cc2)N1. The van der Waals surface area contributed by atoms with Crippen molar-refractivity contribution in [2.45, 2.75) is 13.8 Å². The van der Waals surface area contributed by atoms with Crippen LogP contribution in [0.5, 0.6) is 0 Å². The van der Waals surface area contributed by atoms with Crippen LogP contribution >= 0.6 is 11.4 Å². The highest BCUT2D eigenvalue weighted by Gasteiger charge is 2.10. The molecule has 1 heterocycles. The van der Waals surface area contributed by atoms with E-state index in [1.54, 1.807) is 0 Å². The fraction of sp³-hybridized carbons (Fsp3) is 0.167. The number of carbonyl (C=O) groups excluding carboxylic acids is 1. The van der Waals surface area contributed by atoms with Crippen LogP contribution in [0, 0.1) is 6.92 Å². The normalized spacial score (nSPS) is 13.9. The van der Waals surface area contributed by atoms with Gasteiger partial charge in [0.05, 0.1) is 5.70 Å². The lowest BCUT2D eigenvalue weighted by Gasteiger charge is -2.08. The van der Waals surface area contributed by atoms with Gasteiger partial charge in [0.15, 0.2) is 5.11 Å². The molecule has 3 nitrogen and oxygen atoms in total. The third-order valence-corrected chi connectivity index (χ3v) is 2.99. The Morgan fingerprint density at radius 1 is 1.31 bits per heavy atom. The van der Waals surface area contributed by atoms with Crippen LogP contribution in [-0.2, 0) is 4.79 Å². The second-order valence-corrected chi connectivity index (χ2v) is 4.53. The van der Waals surface area contributed by atoms with Crippen LogP contribution in [0.4, 0.5) is 0 Å². The molecule has 2 N–H and O–H groups in total. The molecule has 0 spiro atoms. The summed E-state index contributed by atoms with van der Waals surface area (Å²) >= 11 is 1.49. The maximum absolute atomic E-state index is 10.9. The van der Waals surface area contributed by atoms with Gasteiger partial charge >= 0.3 is 0 Å². The highest BCUT2D eigenvalue weighted by Crippen LogP contribution is 2.18. The fourth-order valence-corrected chi connectivity index (χ4v) is 2.20. The quantitative estimate of drug-likeness (QED) is 0.727. The molecule has 1 aliphatic heterocycles. The molecule has 2 rings (SSSR count). The second kappa shape index (κ2) is 4.45. The molecule has 83 valence electrons. The molecule has 1 aromatic carbocycles. The third-order valence-electron chi connectivity index (χ3n) is 2.19. The van der Waals surface area contributed by atoms with E-state index >= 15 is 0 Å². The smallest absolute Gasteiger partial charge is 0.222 e. The van der Waals surface area contributed by atoms with Crippen molar-refractivity contribution in [3.8, 4) is 0 Å². The summed E-state index contributed by atoms with van der Waals surface area (Å²) in [5.41, 5.74) is 3.38. The van der Waals surface area contributed by atoms with Crippen molar-refractivity contribution in [3.63, 3.8) is 0 Å². The molecule has 0 bridgehead atoms. The van der Waals surface area contributed by atoms with Gasteiger partial charge in [0.2, 0.25) is 5.91 Å². The van der Waals surface area contributed by atoms with Crippen LogP contribution in [0.2, 0.25) is 0 Å². The van der Waals surface area contributed by atoms with Gasteiger partial charge in [-0.25, -0.2) is 0 Å². The summed E-state index contributed by atoms with van der Waals surface area (Å²) in [6.07, 6.45) is 0. The molecule has 4 heteroatoms. The van der Waals surface area contributed by atoms with Gasteiger partial charge in [0.1, 0.15) is 0 Å². The molecule has 0 saturated heterocycles. The Labute approximate surface area is 98.5 Å². The first-order chi connectivity index (χ1) is 7.65. The molecular weight excluding hydrogens is 220 g/mol. The predicted octanol–water partition coefficient (Wildman–Crippen LogP) is 1.85. The number of aryl methyl sites for hydroxylation is 1. The van der Waals surface area contributed by atoms with Gasteiger partial charge in [-0.2, -0.15) is 0 Å². The minimum Gasteiger partial charge on any atom is -0.332 e. The Kier molecular flexibility index (Phi) is 3.01. The molecule has 0 atom stereocenters. The lowest BCUT2D eigenvalue weighted by molar-refractivity contribution is -0.117. The Balaban J connectivity index is 2.06. The molecule has 1 aromatic rings. The van der Waals surface area contributed by atoms with E-state index in [-0.39, 0.29) is 5.91 Å². The predicted molar refractivity (Wildman–Crippen MR) is 68.7 cm³/mol. The molecule has 1 amide bonds. The molecule has 0 aliphatic carbocycles. The molecule has 1 radical (unpaired) electrons. The Hall–Kier alpha value is -1.68. The molecular formula is C12H13N2OS. The minimum absolute atomic E-state index is 0.0615. The number of benzene rings is 1. The lowest BCUT2D eigenvalue weighted by Crippen LogP contribution is -2.35. The first kappa shape index (κ1) is 10.8. The van der Waals surface area contributed by atoms with Gasteiger partial charge in [0, 0.05) is 12.3 Å². The van der Waals surface area contributed by atoms with Gasteiger partial charge in [-0.3, -0.25) is 4.79 Å². The summed E-state index contributed by atoms with van der Waals surface area (Å²) < 4.78 is 0. The first-order valence-corrected chi connectivity index (χ1v) is 5.88. The van der Waals surface area contributed by atoms with Gasteiger partial charge < -0.3 is 10.6 Å². The monoisotopic (exact) mass is 233 g/mol. The molecule has 0 fully saturated rings. The van der Waals surface area contributed by atoms with E-state index in [0.29, 0.717) is 0 Å². The van der Waals surface area contributed by atoms with Crippen molar-refractivity contribution in [3.05, 3.63) is 40.8 Å². The van der Waals surface area contributed by atoms with E-state index in [1.807, 2.05) is 5.41 Å².